The molecule has 1 aromatic heterocycles. The molecule has 0 saturated carbocycles. The van der Waals surface area contributed by atoms with Gasteiger partial charge < -0.3 is 20.6 Å². The van der Waals surface area contributed by atoms with Crippen LogP contribution in [0.15, 0.2) is 30.3 Å². The molecule has 0 spiro atoms. The van der Waals surface area contributed by atoms with E-state index in [1.54, 1.807) is 23.1 Å². The minimum atomic E-state index is -0.0791. The van der Waals surface area contributed by atoms with Gasteiger partial charge in [-0.15, -0.1) is 0 Å². The first-order valence-corrected chi connectivity index (χ1v) is 6.77. The fourth-order valence-corrected chi connectivity index (χ4v) is 2.45. The molecule has 0 radical (unpaired) electrons. The molecule has 1 fully saturated rings. The number of nitrogen functional groups attached to an aromatic ring is 1. The number of aromatic amines is 1. The summed E-state index contributed by atoms with van der Waals surface area (Å²) < 4.78 is 0. The normalized spacial score (nSPS) is 15.2. The molecule has 1 aromatic carbocycles. The van der Waals surface area contributed by atoms with E-state index in [0.29, 0.717) is 24.6 Å². The summed E-state index contributed by atoms with van der Waals surface area (Å²) in [4.78, 5) is 16.2. The molecule has 0 aliphatic carbocycles. The van der Waals surface area contributed by atoms with Crippen molar-refractivity contribution in [2.45, 2.75) is 0 Å². The molecular weight excluding hydrogens is 270 g/mol. The first kappa shape index (κ1) is 13.3. The number of benzene rings is 1. The van der Waals surface area contributed by atoms with E-state index in [2.05, 4.69) is 15.1 Å². The fraction of sp³-hybridized carbons (Fsp3) is 0.286. The van der Waals surface area contributed by atoms with Crippen LogP contribution in [0.4, 0.5) is 11.5 Å². The van der Waals surface area contributed by atoms with E-state index in [0.717, 1.165) is 18.8 Å². The van der Waals surface area contributed by atoms with Gasteiger partial charge in [0.05, 0.1) is 0 Å². The molecule has 110 valence electrons. The lowest BCUT2D eigenvalue weighted by molar-refractivity contribution is 0.0741. The van der Waals surface area contributed by atoms with Crippen LogP contribution in [0, 0.1) is 0 Å². The number of nitrogens with zero attached hydrogens (tertiary/aromatic N) is 3. The second-order valence-electron chi connectivity index (χ2n) is 5.00. The highest BCUT2D eigenvalue weighted by molar-refractivity contribution is 5.93. The Labute approximate surface area is 122 Å². The van der Waals surface area contributed by atoms with Gasteiger partial charge in [0.15, 0.2) is 0 Å². The van der Waals surface area contributed by atoms with Crippen molar-refractivity contribution in [2.24, 2.45) is 0 Å². The maximum absolute atomic E-state index is 12.2. The molecule has 0 bridgehead atoms. The van der Waals surface area contributed by atoms with E-state index >= 15 is 0 Å². The Hall–Kier alpha value is -2.70. The van der Waals surface area contributed by atoms with Gasteiger partial charge >= 0.3 is 0 Å². The average molecular weight is 287 g/mol. The molecule has 7 heteroatoms. The van der Waals surface area contributed by atoms with Gasteiger partial charge in [0.25, 0.3) is 5.91 Å². The third-order valence-corrected chi connectivity index (χ3v) is 3.61. The average Bonchev–Trinajstić information content (AvgIpc) is 2.94. The third kappa shape index (κ3) is 2.76. The lowest BCUT2D eigenvalue weighted by Gasteiger charge is -2.35. The molecule has 2 heterocycles. The highest BCUT2D eigenvalue weighted by Crippen LogP contribution is 2.20. The van der Waals surface area contributed by atoms with Gasteiger partial charge in [-0.25, -0.2) is 0 Å². The second kappa shape index (κ2) is 5.35. The zero-order chi connectivity index (χ0) is 14.8. The molecule has 0 atom stereocenters. The van der Waals surface area contributed by atoms with E-state index < -0.39 is 0 Å². The number of hydrogen-bond acceptors (Lipinski definition) is 5. The van der Waals surface area contributed by atoms with E-state index in [1.807, 2.05) is 12.1 Å². The Kier molecular flexibility index (Phi) is 3.39. The van der Waals surface area contributed by atoms with E-state index in [4.69, 9.17) is 5.73 Å². The molecule has 0 unspecified atom stereocenters. The number of nitrogens with one attached hydrogen (secondary N) is 1. The van der Waals surface area contributed by atoms with Crippen LogP contribution in [0.25, 0.3) is 0 Å². The monoisotopic (exact) mass is 287 g/mol. The highest BCUT2D eigenvalue weighted by Gasteiger charge is 2.23. The molecule has 4 N–H and O–H groups in total. The second-order valence-corrected chi connectivity index (χ2v) is 5.00. The summed E-state index contributed by atoms with van der Waals surface area (Å²) in [6.45, 7) is 2.78. The van der Waals surface area contributed by atoms with E-state index in [1.165, 1.54) is 0 Å². The van der Waals surface area contributed by atoms with Crippen LogP contribution in [-0.4, -0.2) is 52.3 Å². The number of carbonyl (C=O) groups is 1. The van der Waals surface area contributed by atoms with Gasteiger partial charge in [0.2, 0.25) is 0 Å². The van der Waals surface area contributed by atoms with E-state index in [-0.39, 0.29) is 11.7 Å². The Morgan fingerprint density at radius 1 is 1.19 bits per heavy atom. The first-order chi connectivity index (χ1) is 10.1. The number of aromatic hydroxyl groups is 1. The number of phenolic OH excluding ortho intramolecular Hbond substituents is 1. The topological polar surface area (TPSA) is 98.5 Å². The van der Waals surface area contributed by atoms with E-state index in [9.17, 15) is 9.90 Å². The van der Waals surface area contributed by atoms with Crippen molar-refractivity contribution >= 4 is 17.4 Å². The predicted octanol–water partition coefficient (Wildman–Crippen LogP) is 0.660. The van der Waals surface area contributed by atoms with Crippen molar-refractivity contribution in [1.82, 2.24) is 15.1 Å². The number of anilines is 2. The van der Waals surface area contributed by atoms with Crippen molar-refractivity contribution in [3.63, 3.8) is 0 Å². The number of piperazine rings is 1. The number of carbonyl (C=O) groups excluding carboxylic acids is 1. The number of aromatic nitrogens is 2. The molecule has 1 amide bonds. The predicted molar refractivity (Wildman–Crippen MR) is 79.2 cm³/mol. The van der Waals surface area contributed by atoms with Crippen molar-refractivity contribution in [3.8, 4) is 5.75 Å². The number of phenols is 1. The third-order valence-electron chi connectivity index (χ3n) is 3.61. The Bertz CT molecular complexity index is 629. The quantitative estimate of drug-likeness (QED) is 0.753. The molecule has 7 nitrogen and oxygen atoms in total. The molecule has 21 heavy (non-hydrogen) atoms. The number of hydrogen-bond donors (Lipinski definition) is 3. The largest absolute Gasteiger partial charge is 0.508 e. The highest BCUT2D eigenvalue weighted by atomic mass is 16.3. The SMILES string of the molecule is Nc1cc(C(=O)N2CCN(c3ccc(O)cc3)CC2)[nH]n1. The standard InChI is InChI=1S/C14H17N5O2/c15-13-9-12(16-17-13)14(21)19-7-5-18(6-8-19)10-1-3-11(20)4-2-10/h1-4,9,20H,5-8H2,(H3,15,16,17). The van der Waals surface area contributed by atoms with Crippen LogP contribution in [0.2, 0.25) is 0 Å². The molecule has 1 aliphatic rings. The first-order valence-electron chi connectivity index (χ1n) is 6.77. The van der Waals surface area contributed by atoms with Gasteiger partial charge in [0, 0.05) is 37.9 Å². The summed E-state index contributed by atoms with van der Waals surface area (Å²) >= 11 is 0. The Balaban J connectivity index is 1.62. The van der Waals surface area contributed by atoms with Crippen LogP contribution in [-0.2, 0) is 0 Å². The van der Waals surface area contributed by atoms with Gasteiger partial charge in [0.1, 0.15) is 17.3 Å². The van der Waals surface area contributed by atoms with Gasteiger partial charge in [-0.05, 0) is 24.3 Å². The van der Waals surface area contributed by atoms with Crippen molar-refractivity contribution in [2.75, 3.05) is 36.8 Å². The minimum absolute atomic E-state index is 0.0791. The summed E-state index contributed by atoms with van der Waals surface area (Å²) in [5, 5.41) is 15.7. The molecular formula is C14H17N5O2. The number of H-pyrrole nitrogens is 1. The van der Waals surface area contributed by atoms with Crippen molar-refractivity contribution < 1.29 is 9.90 Å². The number of rotatable bonds is 2. The zero-order valence-corrected chi connectivity index (χ0v) is 11.5. The summed E-state index contributed by atoms with van der Waals surface area (Å²) in [5.41, 5.74) is 6.98. The van der Waals surface area contributed by atoms with Crippen molar-refractivity contribution in [3.05, 3.63) is 36.0 Å². The minimum Gasteiger partial charge on any atom is -0.508 e. The summed E-state index contributed by atoms with van der Waals surface area (Å²) in [5.74, 6) is 0.495. The summed E-state index contributed by atoms with van der Waals surface area (Å²) in [6.07, 6.45) is 0. The van der Waals surface area contributed by atoms with Gasteiger partial charge in [-0.3, -0.25) is 9.89 Å². The number of nitrogens with two attached hydrogens (primary N) is 1. The summed E-state index contributed by atoms with van der Waals surface area (Å²) in [7, 11) is 0. The van der Waals surface area contributed by atoms with Crippen LogP contribution in [0.1, 0.15) is 10.5 Å². The van der Waals surface area contributed by atoms with Crippen LogP contribution in [0.3, 0.4) is 0 Å². The lowest BCUT2D eigenvalue weighted by Crippen LogP contribution is -2.48. The van der Waals surface area contributed by atoms with Gasteiger partial charge in [-0.1, -0.05) is 0 Å². The zero-order valence-electron chi connectivity index (χ0n) is 11.5. The maximum atomic E-state index is 12.2. The maximum Gasteiger partial charge on any atom is 0.272 e. The molecule has 1 saturated heterocycles. The van der Waals surface area contributed by atoms with Crippen LogP contribution >= 0.6 is 0 Å². The molecule has 1 aliphatic heterocycles. The lowest BCUT2D eigenvalue weighted by atomic mass is 10.2. The van der Waals surface area contributed by atoms with Crippen LogP contribution in [0.5, 0.6) is 5.75 Å². The van der Waals surface area contributed by atoms with Crippen molar-refractivity contribution in [1.29, 1.82) is 0 Å². The van der Waals surface area contributed by atoms with Crippen LogP contribution < -0.4 is 10.6 Å². The number of amides is 1. The fourth-order valence-electron chi connectivity index (χ4n) is 2.45. The van der Waals surface area contributed by atoms with Gasteiger partial charge in [-0.2, -0.15) is 5.10 Å². The summed E-state index contributed by atoms with van der Waals surface area (Å²) in [6, 6.07) is 8.64. The smallest absolute Gasteiger partial charge is 0.272 e. The Morgan fingerprint density at radius 3 is 2.43 bits per heavy atom. The molecule has 3 rings (SSSR count). The Morgan fingerprint density at radius 2 is 1.86 bits per heavy atom. The molecule has 2 aromatic rings.